The molecule has 0 heterocycles. The number of halogens is 3. The maximum atomic E-state index is 13.3. The van der Waals surface area contributed by atoms with Crippen LogP contribution in [0.3, 0.4) is 0 Å². The Morgan fingerprint density at radius 1 is 1.35 bits per heavy atom. The lowest BCUT2D eigenvalue weighted by Gasteiger charge is -2.08. The fraction of sp³-hybridized carbons (Fsp3) is 0.333. The Bertz CT molecular complexity index is 448. The Balaban J connectivity index is 0.00000256. The molecule has 1 rings (SSSR count). The van der Waals surface area contributed by atoms with Gasteiger partial charge in [-0.25, -0.2) is 17.5 Å². The lowest BCUT2D eigenvalue weighted by atomic mass is 10.3. The first-order valence-corrected chi connectivity index (χ1v) is 6.43. The summed E-state index contributed by atoms with van der Waals surface area (Å²) in [5.74, 6) is -0.857. The van der Waals surface area contributed by atoms with Gasteiger partial charge in [0.2, 0.25) is 10.0 Å². The maximum Gasteiger partial charge on any atom is 0.245 e. The van der Waals surface area contributed by atoms with Crippen molar-refractivity contribution >= 4 is 34.0 Å². The van der Waals surface area contributed by atoms with Gasteiger partial charge in [-0.05, 0) is 19.2 Å². The van der Waals surface area contributed by atoms with E-state index in [1.165, 1.54) is 12.1 Å². The van der Waals surface area contributed by atoms with Crippen molar-refractivity contribution in [3.63, 3.8) is 0 Å². The molecular formula is C9H13Cl2FN2O2S. The molecule has 17 heavy (non-hydrogen) atoms. The van der Waals surface area contributed by atoms with Gasteiger partial charge in [-0.1, -0.05) is 17.7 Å². The van der Waals surface area contributed by atoms with Gasteiger partial charge in [0.25, 0.3) is 0 Å². The van der Waals surface area contributed by atoms with Crippen LogP contribution in [-0.2, 0) is 10.0 Å². The second-order valence-electron chi connectivity index (χ2n) is 3.05. The number of rotatable bonds is 5. The van der Waals surface area contributed by atoms with E-state index in [9.17, 15) is 12.8 Å². The van der Waals surface area contributed by atoms with E-state index in [1.807, 2.05) is 0 Å². The third-order valence-electron chi connectivity index (χ3n) is 1.85. The van der Waals surface area contributed by atoms with E-state index in [2.05, 4.69) is 10.0 Å². The molecular weight excluding hydrogens is 290 g/mol. The van der Waals surface area contributed by atoms with E-state index in [0.717, 1.165) is 6.07 Å². The van der Waals surface area contributed by atoms with Crippen LogP contribution in [0, 0.1) is 5.82 Å². The van der Waals surface area contributed by atoms with Gasteiger partial charge < -0.3 is 5.32 Å². The Morgan fingerprint density at radius 2 is 2.00 bits per heavy atom. The summed E-state index contributed by atoms with van der Waals surface area (Å²) >= 11 is 5.65. The highest BCUT2D eigenvalue weighted by Gasteiger charge is 2.21. The minimum absolute atomic E-state index is 0. The van der Waals surface area contributed by atoms with Crippen LogP contribution in [0.2, 0.25) is 5.02 Å². The topological polar surface area (TPSA) is 58.2 Å². The van der Waals surface area contributed by atoms with Crippen LogP contribution in [0.25, 0.3) is 0 Å². The van der Waals surface area contributed by atoms with Gasteiger partial charge in [-0.2, -0.15) is 0 Å². The zero-order chi connectivity index (χ0) is 12.2. The molecule has 0 aliphatic carbocycles. The van der Waals surface area contributed by atoms with Crippen molar-refractivity contribution in [2.75, 3.05) is 20.1 Å². The first kappa shape index (κ1) is 16.6. The smallest absolute Gasteiger partial charge is 0.245 e. The summed E-state index contributed by atoms with van der Waals surface area (Å²) in [4.78, 5) is -0.507. The van der Waals surface area contributed by atoms with Crippen molar-refractivity contribution in [3.8, 4) is 0 Å². The quantitative estimate of drug-likeness (QED) is 0.808. The molecule has 1 aromatic carbocycles. The number of hydrogen-bond donors (Lipinski definition) is 2. The monoisotopic (exact) mass is 302 g/mol. The largest absolute Gasteiger partial charge is 0.318 e. The van der Waals surface area contributed by atoms with Crippen molar-refractivity contribution in [2.24, 2.45) is 0 Å². The molecule has 0 saturated heterocycles. The second-order valence-corrected chi connectivity index (χ2v) is 5.16. The van der Waals surface area contributed by atoms with Crippen LogP contribution in [0.15, 0.2) is 23.1 Å². The van der Waals surface area contributed by atoms with Crippen LogP contribution in [0.5, 0.6) is 0 Å². The molecule has 0 aliphatic heterocycles. The Kier molecular flexibility index (Phi) is 6.96. The van der Waals surface area contributed by atoms with E-state index < -0.39 is 20.7 Å². The fourth-order valence-corrected chi connectivity index (χ4v) is 2.75. The molecule has 4 nitrogen and oxygen atoms in total. The Labute approximate surface area is 111 Å². The molecule has 0 amide bonds. The maximum absolute atomic E-state index is 13.3. The lowest BCUT2D eigenvalue weighted by Crippen LogP contribution is -2.31. The summed E-state index contributed by atoms with van der Waals surface area (Å²) in [6, 6.07) is 3.74. The van der Waals surface area contributed by atoms with Gasteiger partial charge in [0.05, 0.1) is 5.02 Å². The first-order valence-electron chi connectivity index (χ1n) is 4.57. The van der Waals surface area contributed by atoms with Crippen molar-refractivity contribution in [1.29, 1.82) is 0 Å². The highest BCUT2D eigenvalue weighted by atomic mass is 35.5. The average Bonchev–Trinajstić information content (AvgIpc) is 2.17. The molecule has 0 fully saturated rings. The van der Waals surface area contributed by atoms with Crippen LogP contribution >= 0.6 is 24.0 Å². The summed E-state index contributed by atoms with van der Waals surface area (Å²) in [5.41, 5.74) is 0. The average molecular weight is 303 g/mol. The van der Waals surface area contributed by atoms with E-state index in [1.54, 1.807) is 7.05 Å². The zero-order valence-corrected chi connectivity index (χ0v) is 11.4. The summed E-state index contributed by atoms with van der Waals surface area (Å²) in [6.07, 6.45) is 0. The van der Waals surface area contributed by atoms with Crippen LogP contribution in [-0.4, -0.2) is 28.6 Å². The van der Waals surface area contributed by atoms with Gasteiger partial charge in [-0.15, -0.1) is 12.4 Å². The van der Waals surface area contributed by atoms with E-state index in [4.69, 9.17) is 11.6 Å². The summed E-state index contributed by atoms with van der Waals surface area (Å²) in [7, 11) is -2.21. The van der Waals surface area contributed by atoms with Gasteiger partial charge in [-0.3, -0.25) is 0 Å². The number of sulfonamides is 1. The van der Waals surface area contributed by atoms with Gasteiger partial charge in [0.15, 0.2) is 0 Å². The first-order chi connectivity index (χ1) is 7.49. The van der Waals surface area contributed by atoms with E-state index in [0.29, 0.717) is 6.54 Å². The normalized spacial score (nSPS) is 11.0. The molecule has 0 bridgehead atoms. The van der Waals surface area contributed by atoms with Gasteiger partial charge in [0, 0.05) is 13.1 Å². The Hall–Kier alpha value is -0.400. The molecule has 2 N–H and O–H groups in total. The number of hydrogen-bond acceptors (Lipinski definition) is 3. The Morgan fingerprint density at radius 3 is 2.53 bits per heavy atom. The highest BCUT2D eigenvalue weighted by molar-refractivity contribution is 7.89. The number of benzene rings is 1. The third-order valence-corrected chi connectivity index (χ3v) is 3.82. The minimum Gasteiger partial charge on any atom is -0.318 e. The molecule has 8 heteroatoms. The molecule has 0 radical (unpaired) electrons. The predicted molar refractivity (Wildman–Crippen MR) is 67.8 cm³/mol. The van der Waals surface area contributed by atoms with Crippen LogP contribution < -0.4 is 10.0 Å². The molecule has 0 aliphatic rings. The molecule has 98 valence electrons. The molecule has 0 saturated carbocycles. The van der Waals surface area contributed by atoms with Crippen molar-refractivity contribution in [1.82, 2.24) is 10.0 Å². The summed E-state index contributed by atoms with van der Waals surface area (Å²) < 4.78 is 38.9. The molecule has 1 aromatic rings. The fourth-order valence-electron chi connectivity index (χ4n) is 1.12. The van der Waals surface area contributed by atoms with E-state index in [-0.39, 0.29) is 24.0 Å². The SMILES string of the molecule is CNCCNS(=O)(=O)c1c(F)cccc1Cl.Cl. The van der Waals surface area contributed by atoms with Crippen molar-refractivity contribution in [3.05, 3.63) is 29.0 Å². The third kappa shape index (κ3) is 4.40. The molecule has 0 spiro atoms. The number of likely N-dealkylation sites (N-methyl/N-ethyl adjacent to an activating group) is 1. The summed E-state index contributed by atoms with van der Waals surface area (Å²) in [5, 5.41) is 2.64. The van der Waals surface area contributed by atoms with Crippen LogP contribution in [0.1, 0.15) is 0 Å². The molecule has 0 aromatic heterocycles. The van der Waals surface area contributed by atoms with Crippen LogP contribution in [0.4, 0.5) is 4.39 Å². The predicted octanol–water partition coefficient (Wildman–Crippen LogP) is 1.40. The standard InChI is InChI=1S/C9H12ClFN2O2S.ClH/c1-12-5-6-13-16(14,15)9-7(10)3-2-4-8(9)11;/h2-4,12-13H,5-6H2,1H3;1H. The summed E-state index contributed by atoms with van der Waals surface area (Å²) in [6.45, 7) is 0.620. The zero-order valence-electron chi connectivity index (χ0n) is 9.04. The van der Waals surface area contributed by atoms with Crippen molar-refractivity contribution in [2.45, 2.75) is 4.90 Å². The van der Waals surface area contributed by atoms with Crippen molar-refractivity contribution < 1.29 is 12.8 Å². The number of nitrogens with one attached hydrogen (secondary N) is 2. The van der Waals surface area contributed by atoms with Gasteiger partial charge in [0.1, 0.15) is 10.7 Å². The van der Waals surface area contributed by atoms with E-state index >= 15 is 0 Å². The molecule has 0 atom stereocenters. The lowest BCUT2D eigenvalue weighted by molar-refractivity contribution is 0.556. The minimum atomic E-state index is -3.89. The molecule has 0 unspecified atom stereocenters. The highest BCUT2D eigenvalue weighted by Crippen LogP contribution is 2.23. The second kappa shape index (κ2) is 7.13. The van der Waals surface area contributed by atoms with Gasteiger partial charge >= 0.3 is 0 Å².